The Labute approximate surface area is 106 Å². The van der Waals surface area contributed by atoms with Crippen molar-refractivity contribution in [2.24, 2.45) is 10.9 Å². The maximum absolute atomic E-state index is 12.0. The highest BCUT2D eigenvalue weighted by Crippen LogP contribution is 2.12. The summed E-state index contributed by atoms with van der Waals surface area (Å²) in [7, 11) is 0. The zero-order valence-electron chi connectivity index (χ0n) is 10.6. The number of rotatable bonds is 6. The minimum atomic E-state index is -0.196. The number of hydrogen-bond acceptors (Lipinski definition) is 4. The molecule has 4 N–H and O–H groups in total. The second-order valence-electron chi connectivity index (χ2n) is 3.99. The van der Waals surface area contributed by atoms with Crippen molar-refractivity contribution in [1.29, 1.82) is 0 Å². The molecule has 6 heteroatoms. The third-order valence-corrected chi connectivity index (χ3v) is 2.72. The highest BCUT2D eigenvalue weighted by Gasteiger charge is 2.17. The van der Waals surface area contributed by atoms with Gasteiger partial charge in [0.15, 0.2) is 0 Å². The average Bonchev–Trinajstić information content (AvgIpc) is 2.85. The van der Waals surface area contributed by atoms with E-state index in [1.807, 2.05) is 13.8 Å². The Morgan fingerprint density at radius 1 is 1.61 bits per heavy atom. The van der Waals surface area contributed by atoms with Crippen molar-refractivity contribution in [2.45, 2.75) is 39.2 Å². The Bertz CT molecular complexity index is 426. The lowest BCUT2D eigenvalue weighted by molar-refractivity contribution is 0.0935. The van der Waals surface area contributed by atoms with Gasteiger partial charge in [-0.25, -0.2) is 0 Å². The van der Waals surface area contributed by atoms with Crippen molar-refractivity contribution < 1.29 is 14.4 Å². The average molecular weight is 253 g/mol. The van der Waals surface area contributed by atoms with Crippen molar-refractivity contribution in [3.05, 3.63) is 23.7 Å². The van der Waals surface area contributed by atoms with E-state index in [0.29, 0.717) is 30.6 Å². The van der Waals surface area contributed by atoms with Gasteiger partial charge in [-0.1, -0.05) is 19.0 Å². The van der Waals surface area contributed by atoms with Crippen LogP contribution < -0.4 is 11.1 Å². The van der Waals surface area contributed by atoms with E-state index in [-0.39, 0.29) is 17.8 Å². The fraction of sp³-hybridized carbons (Fsp3) is 0.500. The Kier molecular flexibility index (Phi) is 5.23. The topological polar surface area (TPSA) is 101 Å². The zero-order valence-corrected chi connectivity index (χ0v) is 10.6. The maximum Gasteiger partial charge on any atom is 0.255 e. The number of amides is 1. The number of carbonyl (C=O) groups is 1. The van der Waals surface area contributed by atoms with Gasteiger partial charge in [-0.15, -0.1) is 0 Å². The zero-order chi connectivity index (χ0) is 13.5. The molecule has 0 radical (unpaired) electrons. The fourth-order valence-electron chi connectivity index (χ4n) is 1.67. The van der Waals surface area contributed by atoms with Gasteiger partial charge in [0.2, 0.25) is 0 Å². The predicted molar refractivity (Wildman–Crippen MR) is 67.7 cm³/mol. The number of oxime groups is 1. The summed E-state index contributed by atoms with van der Waals surface area (Å²) >= 11 is 0. The molecule has 100 valence electrons. The molecule has 0 saturated carbocycles. The summed E-state index contributed by atoms with van der Waals surface area (Å²) in [6.07, 6.45) is 3.17. The molecule has 0 aliphatic heterocycles. The van der Waals surface area contributed by atoms with Gasteiger partial charge in [0.05, 0.1) is 11.8 Å². The van der Waals surface area contributed by atoms with Gasteiger partial charge in [0, 0.05) is 18.9 Å². The fourth-order valence-corrected chi connectivity index (χ4v) is 1.67. The molecule has 1 amide bonds. The highest BCUT2D eigenvalue weighted by molar-refractivity contribution is 5.95. The molecule has 1 unspecified atom stereocenters. The van der Waals surface area contributed by atoms with Crippen LogP contribution in [0, 0.1) is 0 Å². The van der Waals surface area contributed by atoms with E-state index >= 15 is 0 Å². The standard InChI is InChI=1S/C12H19N3O3/c1-3-8(7-11(13)15-17)14-12(16)9-5-6-18-10(9)4-2/h5-6,8,17H,3-4,7H2,1-2H3,(H2,13,15)(H,14,16). The van der Waals surface area contributed by atoms with Crippen LogP contribution in [0.4, 0.5) is 0 Å². The number of amidine groups is 1. The van der Waals surface area contributed by atoms with Gasteiger partial charge in [0.1, 0.15) is 11.6 Å². The number of hydrogen-bond donors (Lipinski definition) is 3. The molecule has 0 bridgehead atoms. The van der Waals surface area contributed by atoms with E-state index in [2.05, 4.69) is 10.5 Å². The molecule has 0 fully saturated rings. The monoisotopic (exact) mass is 253 g/mol. The first-order valence-electron chi connectivity index (χ1n) is 5.95. The minimum Gasteiger partial charge on any atom is -0.469 e. The van der Waals surface area contributed by atoms with E-state index in [4.69, 9.17) is 15.4 Å². The largest absolute Gasteiger partial charge is 0.469 e. The van der Waals surface area contributed by atoms with Crippen LogP contribution in [-0.4, -0.2) is 23.0 Å². The van der Waals surface area contributed by atoms with Gasteiger partial charge < -0.3 is 20.7 Å². The van der Waals surface area contributed by atoms with Gasteiger partial charge in [-0.3, -0.25) is 4.79 Å². The van der Waals surface area contributed by atoms with Gasteiger partial charge in [-0.05, 0) is 12.5 Å². The number of furan rings is 1. The summed E-state index contributed by atoms with van der Waals surface area (Å²) in [5, 5.41) is 14.3. The molecule has 1 aromatic rings. The minimum absolute atomic E-state index is 0.102. The number of nitrogens with two attached hydrogens (primary N) is 1. The molecule has 1 aromatic heterocycles. The number of aryl methyl sites for hydroxylation is 1. The van der Waals surface area contributed by atoms with E-state index in [1.54, 1.807) is 6.07 Å². The summed E-state index contributed by atoms with van der Waals surface area (Å²) in [4.78, 5) is 12.0. The van der Waals surface area contributed by atoms with Crippen molar-refractivity contribution in [1.82, 2.24) is 5.32 Å². The maximum atomic E-state index is 12.0. The van der Waals surface area contributed by atoms with Gasteiger partial charge >= 0.3 is 0 Å². The van der Waals surface area contributed by atoms with Crippen LogP contribution in [0.3, 0.4) is 0 Å². The second-order valence-corrected chi connectivity index (χ2v) is 3.99. The Morgan fingerprint density at radius 2 is 2.33 bits per heavy atom. The lowest BCUT2D eigenvalue weighted by Gasteiger charge is -2.15. The second kappa shape index (κ2) is 6.68. The SMILES string of the molecule is CCc1occc1C(=O)NC(CC)C/C(N)=N/O. The molecule has 6 nitrogen and oxygen atoms in total. The molecular weight excluding hydrogens is 234 g/mol. The highest BCUT2D eigenvalue weighted by atomic mass is 16.4. The van der Waals surface area contributed by atoms with E-state index in [9.17, 15) is 4.79 Å². The van der Waals surface area contributed by atoms with Gasteiger partial charge in [0.25, 0.3) is 5.91 Å². The van der Waals surface area contributed by atoms with Crippen LogP contribution >= 0.6 is 0 Å². The first kappa shape index (κ1) is 14.1. The number of nitrogens with one attached hydrogen (secondary N) is 1. The van der Waals surface area contributed by atoms with Crippen LogP contribution in [-0.2, 0) is 6.42 Å². The Balaban J connectivity index is 2.68. The molecule has 1 heterocycles. The van der Waals surface area contributed by atoms with E-state index in [1.165, 1.54) is 6.26 Å². The van der Waals surface area contributed by atoms with Crippen LogP contribution in [0.15, 0.2) is 21.9 Å². The summed E-state index contributed by atoms with van der Waals surface area (Å²) in [5.74, 6) is 0.564. The molecule has 0 aliphatic carbocycles. The summed E-state index contributed by atoms with van der Waals surface area (Å²) in [5.41, 5.74) is 5.97. The van der Waals surface area contributed by atoms with E-state index < -0.39 is 0 Å². The van der Waals surface area contributed by atoms with Crippen LogP contribution in [0.2, 0.25) is 0 Å². The van der Waals surface area contributed by atoms with Crippen LogP contribution in [0.25, 0.3) is 0 Å². The number of carbonyl (C=O) groups excluding carboxylic acids is 1. The van der Waals surface area contributed by atoms with Gasteiger partial charge in [-0.2, -0.15) is 0 Å². The van der Waals surface area contributed by atoms with Crippen LogP contribution in [0.5, 0.6) is 0 Å². The summed E-state index contributed by atoms with van der Waals surface area (Å²) in [6.45, 7) is 3.84. The van der Waals surface area contributed by atoms with Crippen molar-refractivity contribution in [2.75, 3.05) is 0 Å². The molecule has 0 aliphatic rings. The first-order valence-corrected chi connectivity index (χ1v) is 5.95. The molecule has 18 heavy (non-hydrogen) atoms. The lowest BCUT2D eigenvalue weighted by atomic mass is 10.1. The molecule has 0 aromatic carbocycles. The summed E-state index contributed by atoms with van der Waals surface area (Å²) in [6, 6.07) is 1.48. The molecule has 0 spiro atoms. The third kappa shape index (κ3) is 3.51. The van der Waals surface area contributed by atoms with Crippen molar-refractivity contribution >= 4 is 11.7 Å². The van der Waals surface area contributed by atoms with Crippen molar-refractivity contribution in [3.63, 3.8) is 0 Å². The third-order valence-electron chi connectivity index (χ3n) is 2.72. The van der Waals surface area contributed by atoms with Crippen LogP contribution in [0.1, 0.15) is 42.8 Å². The Hall–Kier alpha value is -1.98. The molecule has 1 atom stereocenters. The lowest BCUT2D eigenvalue weighted by Crippen LogP contribution is -2.37. The normalized spacial score (nSPS) is 13.3. The number of nitrogens with zero attached hydrogens (tertiary/aromatic N) is 1. The molecule has 1 rings (SSSR count). The van der Waals surface area contributed by atoms with E-state index in [0.717, 1.165) is 0 Å². The smallest absolute Gasteiger partial charge is 0.255 e. The Morgan fingerprint density at radius 3 is 2.89 bits per heavy atom. The predicted octanol–water partition coefficient (Wildman–Crippen LogP) is 1.49. The molecular formula is C12H19N3O3. The molecule has 0 saturated heterocycles. The summed E-state index contributed by atoms with van der Waals surface area (Å²) < 4.78 is 5.20. The first-order chi connectivity index (χ1) is 8.62. The van der Waals surface area contributed by atoms with Crippen molar-refractivity contribution in [3.8, 4) is 0 Å². The quantitative estimate of drug-likeness (QED) is 0.309.